The van der Waals surface area contributed by atoms with E-state index in [0.29, 0.717) is 5.92 Å². The van der Waals surface area contributed by atoms with Crippen molar-refractivity contribution in [1.29, 1.82) is 0 Å². The van der Waals surface area contributed by atoms with Crippen molar-refractivity contribution in [2.24, 2.45) is 5.92 Å². The molecule has 1 aromatic heterocycles. The van der Waals surface area contributed by atoms with Crippen LogP contribution in [0.5, 0.6) is 0 Å². The second-order valence-electron chi connectivity index (χ2n) is 4.54. The van der Waals surface area contributed by atoms with Gasteiger partial charge in [-0.25, -0.2) is 4.98 Å². The molecule has 2 unspecified atom stereocenters. The number of hydrogen-bond acceptors (Lipinski definition) is 3. The van der Waals surface area contributed by atoms with E-state index >= 15 is 0 Å². The first kappa shape index (κ1) is 11.9. The predicted octanol–water partition coefficient (Wildman–Crippen LogP) is 2.36. The first-order chi connectivity index (χ1) is 7.59. The number of aliphatic hydroxyl groups excluding tert-OH is 1. The van der Waals surface area contributed by atoms with Crippen LogP contribution in [-0.4, -0.2) is 29.3 Å². The number of rotatable bonds is 1. The van der Waals surface area contributed by atoms with Crippen LogP contribution in [-0.2, 0) is 0 Å². The van der Waals surface area contributed by atoms with Crippen LogP contribution in [0.3, 0.4) is 0 Å². The Morgan fingerprint density at radius 2 is 2.31 bits per heavy atom. The van der Waals surface area contributed by atoms with E-state index in [-0.39, 0.29) is 6.10 Å². The molecular formula is C12H17BrN2O. The summed E-state index contributed by atoms with van der Waals surface area (Å²) in [5.41, 5.74) is 1.20. The van der Waals surface area contributed by atoms with Gasteiger partial charge in [-0.1, -0.05) is 6.92 Å². The fourth-order valence-corrected chi connectivity index (χ4v) is 2.56. The van der Waals surface area contributed by atoms with E-state index in [4.69, 9.17) is 0 Å². The van der Waals surface area contributed by atoms with Gasteiger partial charge in [0.2, 0.25) is 0 Å². The van der Waals surface area contributed by atoms with Gasteiger partial charge in [0.05, 0.1) is 10.6 Å². The lowest BCUT2D eigenvalue weighted by molar-refractivity contribution is 0.0968. The minimum atomic E-state index is -0.167. The average Bonchev–Trinajstić information content (AvgIpc) is 2.26. The molecule has 16 heavy (non-hydrogen) atoms. The van der Waals surface area contributed by atoms with E-state index in [0.717, 1.165) is 29.8 Å². The van der Waals surface area contributed by atoms with E-state index in [9.17, 15) is 5.11 Å². The maximum atomic E-state index is 9.71. The van der Waals surface area contributed by atoms with Gasteiger partial charge in [0.25, 0.3) is 0 Å². The van der Waals surface area contributed by atoms with Gasteiger partial charge in [-0.3, -0.25) is 0 Å². The number of aliphatic hydroxyl groups is 1. The van der Waals surface area contributed by atoms with Crippen molar-refractivity contribution in [3.63, 3.8) is 0 Å². The van der Waals surface area contributed by atoms with Crippen LogP contribution in [0.2, 0.25) is 0 Å². The number of piperidine rings is 1. The molecule has 0 saturated carbocycles. The van der Waals surface area contributed by atoms with E-state index in [2.05, 4.69) is 39.7 Å². The molecule has 0 amide bonds. The first-order valence-electron chi connectivity index (χ1n) is 5.63. The number of anilines is 1. The number of aromatic nitrogens is 1. The molecule has 2 rings (SSSR count). The number of nitrogens with zero attached hydrogens (tertiary/aromatic N) is 2. The molecule has 1 saturated heterocycles. The van der Waals surface area contributed by atoms with Crippen LogP contribution in [0, 0.1) is 12.8 Å². The molecule has 2 heterocycles. The van der Waals surface area contributed by atoms with Crippen molar-refractivity contribution in [3.8, 4) is 0 Å². The smallest absolute Gasteiger partial charge is 0.143 e. The molecule has 0 bridgehead atoms. The third kappa shape index (κ3) is 2.23. The summed E-state index contributed by atoms with van der Waals surface area (Å²) in [5, 5.41) is 9.71. The zero-order chi connectivity index (χ0) is 11.7. The van der Waals surface area contributed by atoms with Crippen molar-refractivity contribution in [1.82, 2.24) is 4.98 Å². The SMILES string of the molecule is Cc1ccnc(N2CCC(O)C(C)C2)c1Br. The second-order valence-corrected chi connectivity index (χ2v) is 5.34. The summed E-state index contributed by atoms with van der Waals surface area (Å²) in [6.07, 6.45) is 2.49. The fourth-order valence-electron chi connectivity index (χ4n) is 2.07. The van der Waals surface area contributed by atoms with Crippen LogP contribution < -0.4 is 4.90 Å². The molecule has 0 spiro atoms. The highest BCUT2D eigenvalue weighted by atomic mass is 79.9. The lowest BCUT2D eigenvalue weighted by atomic mass is 9.97. The van der Waals surface area contributed by atoms with Gasteiger partial charge in [-0.15, -0.1) is 0 Å². The standard InChI is InChI=1S/C12H17BrN2O/c1-8-3-5-14-12(11(8)13)15-6-4-10(16)9(2)7-15/h3,5,9-10,16H,4,6-7H2,1-2H3. The summed E-state index contributed by atoms with van der Waals surface area (Å²) in [4.78, 5) is 6.66. The van der Waals surface area contributed by atoms with Gasteiger partial charge in [-0.2, -0.15) is 0 Å². The molecule has 0 radical (unpaired) electrons. The minimum absolute atomic E-state index is 0.167. The van der Waals surface area contributed by atoms with Gasteiger partial charge in [0.1, 0.15) is 5.82 Å². The predicted molar refractivity (Wildman–Crippen MR) is 68.7 cm³/mol. The Labute approximate surface area is 105 Å². The second kappa shape index (κ2) is 4.72. The van der Waals surface area contributed by atoms with Crippen molar-refractivity contribution in [3.05, 3.63) is 22.3 Å². The highest BCUT2D eigenvalue weighted by Gasteiger charge is 2.26. The molecular weight excluding hydrogens is 268 g/mol. The summed E-state index contributed by atoms with van der Waals surface area (Å²) in [6.45, 7) is 5.90. The van der Waals surface area contributed by atoms with Crippen molar-refractivity contribution in [2.45, 2.75) is 26.4 Å². The Kier molecular flexibility index (Phi) is 3.50. The van der Waals surface area contributed by atoms with Crippen molar-refractivity contribution >= 4 is 21.7 Å². The third-order valence-electron chi connectivity index (χ3n) is 3.22. The molecule has 4 heteroatoms. The average molecular weight is 285 g/mol. The van der Waals surface area contributed by atoms with Crippen LogP contribution in [0.25, 0.3) is 0 Å². The maximum absolute atomic E-state index is 9.71. The van der Waals surface area contributed by atoms with Gasteiger partial charge in [0, 0.05) is 19.3 Å². The summed E-state index contributed by atoms with van der Waals surface area (Å²) in [6, 6.07) is 2.00. The van der Waals surface area contributed by atoms with Crippen LogP contribution in [0.1, 0.15) is 18.9 Å². The number of hydrogen-bond donors (Lipinski definition) is 1. The maximum Gasteiger partial charge on any atom is 0.143 e. The Balaban J connectivity index is 2.22. The topological polar surface area (TPSA) is 36.4 Å². The van der Waals surface area contributed by atoms with Crippen LogP contribution >= 0.6 is 15.9 Å². The number of aryl methyl sites for hydroxylation is 1. The van der Waals surface area contributed by atoms with Gasteiger partial charge in [-0.05, 0) is 46.8 Å². The van der Waals surface area contributed by atoms with E-state index in [1.165, 1.54) is 5.56 Å². The molecule has 0 aromatic carbocycles. The molecule has 1 aliphatic rings. The summed E-state index contributed by atoms with van der Waals surface area (Å²) >= 11 is 3.58. The minimum Gasteiger partial charge on any atom is -0.393 e. The largest absolute Gasteiger partial charge is 0.393 e. The van der Waals surface area contributed by atoms with Crippen LogP contribution in [0.4, 0.5) is 5.82 Å². The van der Waals surface area contributed by atoms with Crippen molar-refractivity contribution < 1.29 is 5.11 Å². The molecule has 1 fully saturated rings. The van der Waals surface area contributed by atoms with Gasteiger partial charge < -0.3 is 10.0 Å². The zero-order valence-corrected chi connectivity index (χ0v) is 11.2. The molecule has 0 aliphatic carbocycles. The molecule has 1 N–H and O–H groups in total. The van der Waals surface area contributed by atoms with E-state index < -0.39 is 0 Å². The monoisotopic (exact) mass is 284 g/mol. The van der Waals surface area contributed by atoms with Crippen molar-refractivity contribution in [2.75, 3.05) is 18.0 Å². The lowest BCUT2D eigenvalue weighted by Gasteiger charge is -2.35. The highest BCUT2D eigenvalue weighted by Crippen LogP contribution is 2.30. The quantitative estimate of drug-likeness (QED) is 0.860. The summed E-state index contributed by atoms with van der Waals surface area (Å²) < 4.78 is 1.07. The Hall–Kier alpha value is -0.610. The fraction of sp³-hybridized carbons (Fsp3) is 0.583. The molecule has 2 atom stereocenters. The molecule has 3 nitrogen and oxygen atoms in total. The van der Waals surface area contributed by atoms with E-state index in [1.807, 2.05) is 12.3 Å². The zero-order valence-electron chi connectivity index (χ0n) is 9.65. The third-order valence-corrected chi connectivity index (χ3v) is 4.20. The molecule has 88 valence electrons. The summed E-state index contributed by atoms with van der Waals surface area (Å²) in [5.74, 6) is 1.31. The lowest BCUT2D eigenvalue weighted by Crippen LogP contribution is -2.42. The molecule has 1 aliphatic heterocycles. The number of halogens is 1. The van der Waals surface area contributed by atoms with Gasteiger partial charge in [0.15, 0.2) is 0 Å². The molecule has 1 aromatic rings. The first-order valence-corrected chi connectivity index (χ1v) is 6.43. The summed E-state index contributed by atoms with van der Waals surface area (Å²) in [7, 11) is 0. The Bertz CT molecular complexity index is 383. The normalized spacial score (nSPS) is 25.9. The van der Waals surface area contributed by atoms with Gasteiger partial charge >= 0.3 is 0 Å². The van der Waals surface area contributed by atoms with E-state index in [1.54, 1.807) is 0 Å². The Morgan fingerprint density at radius 3 is 3.00 bits per heavy atom. The highest BCUT2D eigenvalue weighted by molar-refractivity contribution is 9.10. The van der Waals surface area contributed by atoms with Crippen LogP contribution in [0.15, 0.2) is 16.7 Å². The number of pyridine rings is 1. The Morgan fingerprint density at radius 1 is 1.56 bits per heavy atom.